The van der Waals surface area contributed by atoms with Crippen molar-refractivity contribution < 1.29 is 19.1 Å². The van der Waals surface area contributed by atoms with Gasteiger partial charge in [-0.3, -0.25) is 14.4 Å². The van der Waals surface area contributed by atoms with Gasteiger partial charge in [0.15, 0.2) is 0 Å². The number of hydrogen-bond donors (Lipinski definition) is 2. The van der Waals surface area contributed by atoms with Crippen LogP contribution in [-0.4, -0.2) is 24.4 Å². The van der Waals surface area contributed by atoms with Crippen molar-refractivity contribution in [2.75, 3.05) is 11.9 Å². The van der Waals surface area contributed by atoms with Gasteiger partial charge in [-0.15, -0.1) is 0 Å². The fraction of sp³-hybridized carbons (Fsp3) is 0.276. The average Bonchev–Trinajstić information content (AvgIpc) is 2.88. The first-order valence-electron chi connectivity index (χ1n) is 12.0. The quantitative estimate of drug-likeness (QED) is 0.271. The number of esters is 1. The van der Waals surface area contributed by atoms with Crippen LogP contribution in [0.3, 0.4) is 0 Å². The normalized spacial score (nSPS) is 11.3. The van der Waals surface area contributed by atoms with E-state index in [2.05, 4.69) is 10.6 Å². The number of ether oxygens (including phenoxy) is 1. The van der Waals surface area contributed by atoms with E-state index in [1.54, 1.807) is 24.3 Å². The zero-order valence-electron chi connectivity index (χ0n) is 20.0. The van der Waals surface area contributed by atoms with Crippen molar-refractivity contribution in [2.24, 2.45) is 0 Å². The highest BCUT2D eigenvalue weighted by Crippen LogP contribution is 2.18. The molecule has 35 heavy (non-hydrogen) atoms. The van der Waals surface area contributed by atoms with Gasteiger partial charge in [-0.25, -0.2) is 0 Å². The highest BCUT2D eigenvalue weighted by atomic mass is 16.5. The van der Waals surface area contributed by atoms with Crippen LogP contribution >= 0.6 is 0 Å². The van der Waals surface area contributed by atoms with Crippen molar-refractivity contribution in [2.45, 2.75) is 45.1 Å². The predicted molar refractivity (Wildman–Crippen MR) is 137 cm³/mol. The summed E-state index contributed by atoms with van der Waals surface area (Å²) in [5, 5.41) is 5.76. The summed E-state index contributed by atoms with van der Waals surface area (Å²) in [6, 6.07) is 26.4. The summed E-state index contributed by atoms with van der Waals surface area (Å²) in [6.07, 6.45) is 2.33. The number of aryl methyl sites for hydroxylation is 1. The second-order valence-corrected chi connectivity index (χ2v) is 8.36. The highest BCUT2D eigenvalue weighted by molar-refractivity contribution is 6.03. The molecule has 1 unspecified atom stereocenters. The summed E-state index contributed by atoms with van der Waals surface area (Å²) < 4.78 is 5.26. The fourth-order valence-corrected chi connectivity index (χ4v) is 3.67. The maximum Gasteiger partial charge on any atom is 0.305 e. The Morgan fingerprint density at radius 2 is 1.46 bits per heavy atom. The van der Waals surface area contributed by atoms with E-state index in [1.165, 1.54) is 5.56 Å². The number of hydrogen-bond acceptors (Lipinski definition) is 4. The lowest BCUT2D eigenvalue weighted by Crippen LogP contribution is -2.28. The molecule has 0 spiro atoms. The molecule has 0 saturated heterocycles. The molecule has 6 heteroatoms. The largest absolute Gasteiger partial charge is 0.466 e. The standard InChI is InChI=1S/C29H32N2O4/c1-22(24-15-6-3-7-16-24)30-29(34)25-17-8-9-18-26(25)31-27(32)19-10-20-28(33)35-21-11-14-23-12-4-2-5-13-23/h2-9,12-13,15-18,22H,10-11,14,19-21H2,1H3,(H,30,34)(H,31,32). The van der Waals surface area contributed by atoms with Crippen LogP contribution < -0.4 is 10.6 Å². The summed E-state index contributed by atoms with van der Waals surface area (Å²) >= 11 is 0. The van der Waals surface area contributed by atoms with E-state index in [0.29, 0.717) is 24.3 Å². The van der Waals surface area contributed by atoms with Gasteiger partial charge in [0, 0.05) is 12.8 Å². The summed E-state index contributed by atoms with van der Waals surface area (Å²) in [5.74, 6) is -0.824. The number of anilines is 1. The van der Waals surface area contributed by atoms with Crippen molar-refractivity contribution in [3.63, 3.8) is 0 Å². The molecule has 2 N–H and O–H groups in total. The van der Waals surface area contributed by atoms with Gasteiger partial charge in [0.2, 0.25) is 5.91 Å². The highest BCUT2D eigenvalue weighted by Gasteiger charge is 2.16. The molecule has 182 valence electrons. The molecule has 3 aromatic carbocycles. The smallest absolute Gasteiger partial charge is 0.305 e. The molecule has 0 aromatic heterocycles. The Kier molecular flexibility index (Phi) is 10.1. The molecule has 6 nitrogen and oxygen atoms in total. The molecule has 2 amide bonds. The fourth-order valence-electron chi connectivity index (χ4n) is 3.67. The zero-order chi connectivity index (χ0) is 24.9. The first-order chi connectivity index (χ1) is 17.0. The lowest BCUT2D eigenvalue weighted by Gasteiger charge is -2.16. The SMILES string of the molecule is CC(NC(=O)c1ccccc1NC(=O)CCCC(=O)OCCCc1ccccc1)c1ccccc1. The molecule has 1 atom stereocenters. The molecular weight excluding hydrogens is 440 g/mol. The molecule has 0 heterocycles. The summed E-state index contributed by atoms with van der Waals surface area (Å²) in [5.41, 5.74) is 3.04. The number of rotatable bonds is 12. The average molecular weight is 473 g/mol. The number of nitrogens with one attached hydrogen (secondary N) is 2. The van der Waals surface area contributed by atoms with Gasteiger partial charge in [-0.2, -0.15) is 0 Å². The Hall–Kier alpha value is -3.93. The molecule has 0 aliphatic rings. The number of carbonyl (C=O) groups is 3. The van der Waals surface area contributed by atoms with Crippen LogP contribution in [0, 0.1) is 0 Å². The van der Waals surface area contributed by atoms with Crippen LogP contribution in [-0.2, 0) is 20.7 Å². The second kappa shape index (κ2) is 13.7. The van der Waals surface area contributed by atoms with Gasteiger partial charge in [0.1, 0.15) is 0 Å². The van der Waals surface area contributed by atoms with Gasteiger partial charge in [-0.05, 0) is 49.4 Å². The van der Waals surface area contributed by atoms with Crippen molar-refractivity contribution in [3.05, 3.63) is 102 Å². The topological polar surface area (TPSA) is 84.5 Å². The predicted octanol–water partition coefficient (Wildman–Crippen LogP) is 5.46. The number of carbonyl (C=O) groups excluding carboxylic acids is 3. The lowest BCUT2D eigenvalue weighted by molar-refractivity contribution is -0.143. The van der Waals surface area contributed by atoms with E-state index in [1.807, 2.05) is 67.6 Å². The molecule has 0 radical (unpaired) electrons. The van der Waals surface area contributed by atoms with Gasteiger partial charge in [0.05, 0.1) is 23.9 Å². The van der Waals surface area contributed by atoms with Crippen molar-refractivity contribution >= 4 is 23.5 Å². The van der Waals surface area contributed by atoms with Crippen LogP contribution in [0.25, 0.3) is 0 Å². The molecule has 0 aliphatic carbocycles. The molecule has 0 fully saturated rings. The molecule has 0 saturated carbocycles. The van der Waals surface area contributed by atoms with Crippen LogP contribution in [0.4, 0.5) is 5.69 Å². The minimum atomic E-state index is -0.305. The lowest BCUT2D eigenvalue weighted by atomic mass is 10.1. The maximum atomic E-state index is 12.8. The van der Waals surface area contributed by atoms with Gasteiger partial charge < -0.3 is 15.4 Å². The van der Waals surface area contributed by atoms with Crippen LogP contribution in [0.15, 0.2) is 84.9 Å². The second-order valence-electron chi connectivity index (χ2n) is 8.36. The van der Waals surface area contributed by atoms with Gasteiger partial charge >= 0.3 is 5.97 Å². The molecule has 0 aliphatic heterocycles. The number of para-hydroxylation sites is 1. The van der Waals surface area contributed by atoms with E-state index in [4.69, 9.17) is 4.74 Å². The minimum Gasteiger partial charge on any atom is -0.466 e. The molecule has 0 bridgehead atoms. The zero-order valence-corrected chi connectivity index (χ0v) is 20.0. The Morgan fingerprint density at radius 1 is 0.800 bits per heavy atom. The van der Waals surface area contributed by atoms with E-state index >= 15 is 0 Å². The molecule has 3 rings (SSSR count). The third-order valence-corrected chi connectivity index (χ3v) is 5.59. The Labute approximate surface area is 206 Å². The summed E-state index contributed by atoms with van der Waals surface area (Å²) in [7, 11) is 0. The molecule has 3 aromatic rings. The van der Waals surface area contributed by atoms with E-state index in [0.717, 1.165) is 18.4 Å². The van der Waals surface area contributed by atoms with E-state index < -0.39 is 0 Å². The number of amides is 2. The van der Waals surface area contributed by atoms with E-state index in [9.17, 15) is 14.4 Å². The number of benzene rings is 3. The van der Waals surface area contributed by atoms with Crippen LogP contribution in [0.2, 0.25) is 0 Å². The summed E-state index contributed by atoms with van der Waals surface area (Å²) in [4.78, 5) is 37.2. The maximum absolute atomic E-state index is 12.8. The van der Waals surface area contributed by atoms with Gasteiger partial charge in [0.25, 0.3) is 5.91 Å². The van der Waals surface area contributed by atoms with Gasteiger partial charge in [-0.1, -0.05) is 72.8 Å². The Morgan fingerprint density at radius 3 is 2.20 bits per heavy atom. The van der Waals surface area contributed by atoms with Crippen molar-refractivity contribution in [1.82, 2.24) is 5.32 Å². The Balaban J connectivity index is 1.39. The first-order valence-corrected chi connectivity index (χ1v) is 12.0. The molecular formula is C29H32N2O4. The van der Waals surface area contributed by atoms with Crippen LogP contribution in [0.5, 0.6) is 0 Å². The van der Waals surface area contributed by atoms with E-state index in [-0.39, 0.29) is 36.7 Å². The third kappa shape index (κ3) is 8.74. The monoisotopic (exact) mass is 472 g/mol. The van der Waals surface area contributed by atoms with Crippen LogP contribution in [0.1, 0.15) is 60.1 Å². The third-order valence-electron chi connectivity index (χ3n) is 5.59. The minimum absolute atomic E-state index is 0.162. The van der Waals surface area contributed by atoms with Crippen molar-refractivity contribution in [3.8, 4) is 0 Å². The Bertz CT molecular complexity index is 1100. The van der Waals surface area contributed by atoms with Crippen molar-refractivity contribution in [1.29, 1.82) is 0 Å². The first kappa shape index (κ1) is 25.7. The summed E-state index contributed by atoms with van der Waals surface area (Å²) in [6.45, 7) is 2.28.